The van der Waals surface area contributed by atoms with Gasteiger partial charge in [0.1, 0.15) is 5.82 Å². The lowest BCUT2D eigenvalue weighted by molar-refractivity contribution is -0.0510. The molecule has 1 aromatic heterocycles. The molecule has 0 aliphatic carbocycles. The van der Waals surface area contributed by atoms with Gasteiger partial charge in [-0.2, -0.15) is 21.6 Å². The molecule has 0 bridgehead atoms. The van der Waals surface area contributed by atoms with Gasteiger partial charge in [-0.05, 0) is 6.42 Å². The summed E-state index contributed by atoms with van der Waals surface area (Å²) in [5.74, 6) is 1.13. The molecule has 1 aromatic rings. The molecule has 112 valence electrons. The van der Waals surface area contributed by atoms with Crippen molar-refractivity contribution >= 4 is 10.1 Å². The zero-order valence-corrected chi connectivity index (χ0v) is 11.2. The van der Waals surface area contributed by atoms with Crippen LogP contribution in [0.3, 0.4) is 0 Å². The Bertz CT molecular complexity index is 470. The summed E-state index contributed by atoms with van der Waals surface area (Å²) in [5, 5.41) is 0. The van der Waals surface area contributed by atoms with Crippen molar-refractivity contribution in [3.05, 3.63) is 18.2 Å². The van der Waals surface area contributed by atoms with Crippen LogP contribution in [0.15, 0.2) is 12.4 Å². The third-order valence-corrected chi connectivity index (χ3v) is 2.55. The van der Waals surface area contributed by atoms with Crippen molar-refractivity contribution in [2.75, 3.05) is 13.7 Å². The minimum absolute atomic E-state index is 0.812. The van der Waals surface area contributed by atoms with Gasteiger partial charge in [-0.3, -0.25) is 4.55 Å². The summed E-state index contributed by atoms with van der Waals surface area (Å²) in [5.41, 5.74) is -5.53. The van der Waals surface area contributed by atoms with Crippen LogP contribution in [-0.2, 0) is 28.3 Å². The lowest BCUT2D eigenvalue weighted by Gasteiger charge is -1.99. The topological polar surface area (TPSA) is 81.4 Å². The van der Waals surface area contributed by atoms with Crippen LogP contribution in [-0.4, -0.2) is 41.7 Å². The van der Waals surface area contributed by atoms with Crippen LogP contribution in [0.5, 0.6) is 0 Å². The number of imidazole rings is 1. The summed E-state index contributed by atoms with van der Waals surface area (Å²) in [6.45, 7) is 0.812. The Morgan fingerprint density at radius 2 is 2.00 bits per heavy atom. The number of nitrogens with zero attached hydrogens (tertiary/aromatic N) is 2. The molecule has 1 rings (SSSR count). The van der Waals surface area contributed by atoms with Gasteiger partial charge in [0.15, 0.2) is 0 Å². The first-order chi connectivity index (χ1) is 8.59. The fourth-order valence-electron chi connectivity index (χ4n) is 1.01. The molecule has 0 spiro atoms. The molecule has 1 heterocycles. The second kappa shape index (κ2) is 7.46. The van der Waals surface area contributed by atoms with Crippen molar-refractivity contribution in [1.29, 1.82) is 0 Å². The van der Waals surface area contributed by atoms with Crippen LogP contribution in [0.25, 0.3) is 0 Å². The predicted molar refractivity (Wildman–Crippen MR) is 61.0 cm³/mol. The van der Waals surface area contributed by atoms with Gasteiger partial charge in [0, 0.05) is 39.6 Å². The van der Waals surface area contributed by atoms with Gasteiger partial charge in [-0.25, -0.2) is 4.98 Å². The van der Waals surface area contributed by atoms with E-state index in [0.29, 0.717) is 0 Å². The van der Waals surface area contributed by atoms with Crippen molar-refractivity contribution in [3.63, 3.8) is 0 Å². The first-order valence-corrected chi connectivity index (χ1v) is 6.52. The molecule has 1 N–H and O–H groups in total. The van der Waals surface area contributed by atoms with Gasteiger partial charge in [-0.1, -0.05) is 0 Å². The molecule has 0 fully saturated rings. The van der Waals surface area contributed by atoms with Gasteiger partial charge >= 0.3 is 15.6 Å². The molecule has 0 aromatic carbocycles. The SMILES string of the molecule is COCCCc1nccn1C.O=S(=O)(O)C(F)(F)F. The highest BCUT2D eigenvalue weighted by Gasteiger charge is 2.44. The van der Waals surface area contributed by atoms with E-state index in [1.165, 1.54) is 0 Å². The second-order valence-electron chi connectivity index (χ2n) is 3.47. The summed E-state index contributed by atoms with van der Waals surface area (Å²) < 4.78 is 64.5. The number of halogens is 3. The van der Waals surface area contributed by atoms with Crippen LogP contribution in [0, 0.1) is 0 Å². The van der Waals surface area contributed by atoms with Crippen molar-refractivity contribution in [3.8, 4) is 0 Å². The van der Waals surface area contributed by atoms with Crippen molar-refractivity contribution in [2.24, 2.45) is 7.05 Å². The van der Waals surface area contributed by atoms with Gasteiger partial charge in [0.2, 0.25) is 0 Å². The summed E-state index contributed by atoms with van der Waals surface area (Å²) in [4.78, 5) is 4.19. The molecule has 19 heavy (non-hydrogen) atoms. The Labute approximate surface area is 109 Å². The monoisotopic (exact) mass is 304 g/mol. The molecule has 0 saturated carbocycles. The Balaban J connectivity index is 0.000000362. The summed E-state index contributed by atoms with van der Waals surface area (Å²) in [7, 11) is -2.11. The second-order valence-corrected chi connectivity index (χ2v) is 4.88. The van der Waals surface area contributed by atoms with Crippen LogP contribution in [0.2, 0.25) is 0 Å². The van der Waals surface area contributed by atoms with E-state index in [1.54, 1.807) is 7.11 Å². The highest BCUT2D eigenvalue weighted by Crippen LogP contribution is 2.20. The number of rotatable bonds is 4. The molecule has 0 amide bonds. The maximum Gasteiger partial charge on any atom is 0.522 e. The zero-order valence-electron chi connectivity index (χ0n) is 10.4. The van der Waals surface area contributed by atoms with Crippen molar-refractivity contribution in [1.82, 2.24) is 9.55 Å². The molecule has 0 saturated heterocycles. The fourth-order valence-corrected chi connectivity index (χ4v) is 1.01. The van der Waals surface area contributed by atoms with E-state index in [4.69, 9.17) is 17.7 Å². The molecule has 6 nitrogen and oxygen atoms in total. The zero-order chi connectivity index (χ0) is 15.1. The molecule has 0 aliphatic heterocycles. The molecular weight excluding hydrogens is 289 g/mol. The number of aromatic nitrogens is 2. The van der Waals surface area contributed by atoms with Crippen LogP contribution in [0.4, 0.5) is 13.2 Å². The third kappa shape index (κ3) is 7.13. The third-order valence-electron chi connectivity index (χ3n) is 1.96. The Hall–Kier alpha value is -1.13. The number of hydrogen-bond acceptors (Lipinski definition) is 4. The van der Waals surface area contributed by atoms with E-state index >= 15 is 0 Å². The lowest BCUT2D eigenvalue weighted by atomic mass is 10.3. The molecule has 0 atom stereocenters. The normalized spacial score (nSPS) is 11.9. The average molecular weight is 304 g/mol. The van der Waals surface area contributed by atoms with Crippen LogP contribution >= 0.6 is 0 Å². The quantitative estimate of drug-likeness (QED) is 0.516. The number of methoxy groups -OCH3 is 1. The molecular formula is C9H15F3N2O4S. The number of ether oxygens (including phenoxy) is 1. The predicted octanol–water partition coefficient (Wildman–Crippen LogP) is 1.39. The standard InChI is InChI=1S/C8H14N2O.CHF3O3S/c1-10-6-5-9-8(10)4-3-7-11-2;2-1(3,4)8(5,6)7/h5-6H,3-4,7H2,1-2H3;(H,5,6,7). The Morgan fingerprint density at radius 1 is 1.47 bits per heavy atom. The fraction of sp³-hybridized carbons (Fsp3) is 0.667. The van der Waals surface area contributed by atoms with E-state index in [1.807, 2.05) is 24.0 Å². The lowest BCUT2D eigenvalue weighted by Crippen LogP contribution is -2.21. The maximum absolute atomic E-state index is 10.7. The smallest absolute Gasteiger partial charge is 0.385 e. The van der Waals surface area contributed by atoms with E-state index in [2.05, 4.69) is 4.98 Å². The average Bonchev–Trinajstić information content (AvgIpc) is 2.63. The maximum atomic E-state index is 10.7. The van der Waals surface area contributed by atoms with Crippen molar-refractivity contribution in [2.45, 2.75) is 18.3 Å². The van der Waals surface area contributed by atoms with Gasteiger partial charge in [0.05, 0.1) is 0 Å². The van der Waals surface area contributed by atoms with E-state index in [0.717, 1.165) is 25.3 Å². The largest absolute Gasteiger partial charge is 0.522 e. The van der Waals surface area contributed by atoms with Crippen LogP contribution in [0.1, 0.15) is 12.2 Å². The summed E-state index contributed by atoms with van der Waals surface area (Å²) in [6, 6.07) is 0. The summed E-state index contributed by atoms with van der Waals surface area (Å²) >= 11 is 0. The molecule has 10 heteroatoms. The highest BCUT2D eigenvalue weighted by molar-refractivity contribution is 7.86. The Morgan fingerprint density at radius 3 is 2.32 bits per heavy atom. The number of alkyl halides is 3. The minimum atomic E-state index is -5.84. The van der Waals surface area contributed by atoms with E-state index < -0.39 is 15.6 Å². The number of aryl methyl sites for hydroxylation is 2. The molecule has 0 radical (unpaired) electrons. The Kier molecular flexibility index (Phi) is 7.01. The first kappa shape index (κ1) is 17.9. The first-order valence-electron chi connectivity index (χ1n) is 5.08. The number of hydrogen-bond donors (Lipinski definition) is 1. The minimum Gasteiger partial charge on any atom is -0.385 e. The van der Waals surface area contributed by atoms with Crippen LogP contribution < -0.4 is 0 Å². The van der Waals surface area contributed by atoms with Gasteiger partial charge in [0.25, 0.3) is 0 Å². The van der Waals surface area contributed by atoms with Gasteiger partial charge in [-0.15, -0.1) is 0 Å². The van der Waals surface area contributed by atoms with E-state index in [-0.39, 0.29) is 0 Å². The highest BCUT2D eigenvalue weighted by atomic mass is 32.2. The molecule has 0 unspecified atom stereocenters. The summed E-state index contributed by atoms with van der Waals surface area (Å²) in [6.07, 6.45) is 5.82. The van der Waals surface area contributed by atoms with Crippen molar-refractivity contribution < 1.29 is 30.9 Å². The molecule has 0 aliphatic rings. The van der Waals surface area contributed by atoms with E-state index in [9.17, 15) is 13.2 Å². The van der Waals surface area contributed by atoms with Gasteiger partial charge < -0.3 is 9.30 Å².